The Morgan fingerprint density at radius 1 is 1.30 bits per heavy atom. The van der Waals surface area contributed by atoms with E-state index in [1.807, 2.05) is 0 Å². The SMILES string of the molecule is CC(=O)CC(=O)OCC1=C(C(=O)O)N2C(=O)[C@@H](NC(=O)/C(=N/OCC(=O)O)c3nc(N)sc3Cl)[C@H]2SC1. The number of aromatic nitrogens is 1. The maximum absolute atomic E-state index is 13.0. The number of carboxylic acids is 2. The number of carboxylic acid groups (broad SMARTS) is 2. The van der Waals surface area contributed by atoms with Crippen LogP contribution in [0.15, 0.2) is 16.4 Å². The number of Topliss-reactive ketones (excluding diaryl/α,β-unsaturated/α-hetero) is 1. The number of halogens is 1. The average Bonchev–Trinajstić information content (AvgIpc) is 3.14. The van der Waals surface area contributed by atoms with Gasteiger partial charge in [0.1, 0.15) is 46.0 Å². The van der Waals surface area contributed by atoms with Gasteiger partial charge in [-0.15, -0.1) is 11.8 Å². The van der Waals surface area contributed by atoms with E-state index in [-0.39, 0.29) is 26.5 Å². The molecule has 198 valence electrons. The number of carbonyl (C=O) groups is 6. The Morgan fingerprint density at radius 3 is 2.57 bits per heavy atom. The highest BCUT2D eigenvalue weighted by molar-refractivity contribution is 8.00. The lowest BCUT2D eigenvalue weighted by Crippen LogP contribution is -2.71. The largest absolute Gasteiger partial charge is 0.479 e. The van der Waals surface area contributed by atoms with Gasteiger partial charge >= 0.3 is 17.9 Å². The van der Waals surface area contributed by atoms with Crippen molar-refractivity contribution in [2.45, 2.75) is 24.8 Å². The molecule has 0 bridgehead atoms. The summed E-state index contributed by atoms with van der Waals surface area (Å²) in [4.78, 5) is 80.6. The molecule has 2 amide bonds. The molecule has 2 aliphatic heterocycles. The number of nitrogen functional groups attached to an aromatic ring is 1. The molecular formula is C19H18ClN5O10S2. The zero-order chi connectivity index (χ0) is 27.4. The van der Waals surface area contributed by atoms with E-state index in [9.17, 15) is 33.9 Å². The van der Waals surface area contributed by atoms with Gasteiger partial charge in [-0.1, -0.05) is 28.1 Å². The third-order valence-electron chi connectivity index (χ3n) is 4.72. The standard InChI is InChI=1S/C19H18ClN5O10S2/c1-6(26)2-9(29)34-3-7-5-36-17-12(16(31)25(17)13(7)18(32)33)22-15(30)11(24-35-4-8(27)28)10-14(20)37-19(21)23-10/h12,17H,2-5H2,1H3,(H2,21,23)(H,22,30)(H,27,28)(H,32,33)/b24-11+/t12-,17-/m1/s1. The quantitative estimate of drug-likeness (QED) is 0.0853. The summed E-state index contributed by atoms with van der Waals surface area (Å²) in [5.41, 5.74) is 4.59. The number of nitrogens with zero attached hydrogens (tertiary/aromatic N) is 3. The molecular weight excluding hydrogens is 558 g/mol. The molecule has 3 heterocycles. The number of amides is 2. The van der Waals surface area contributed by atoms with E-state index in [0.29, 0.717) is 0 Å². The van der Waals surface area contributed by atoms with E-state index >= 15 is 0 Å². The molecule has 37 heavy (non-hydrogen) atoms. The van der Waals surface area contributed by atoms with Gasteiger partial charge in [0.05, 0.1) is 0 Å². The first kappa shape index (κ1) is 27.9. The molecule has 0 aliphatic carbocycles. The van der Waals surface area contributed by atoms with E-state index in [0.717, 1.165) is 28.0 Å². The monoisotopic (exact) mass is 575 g/mol. The number of aliphatic carboxylic acids is 2. The fraction of sp³-hybridized carbons (Fsp3) is 0.368. The summed E-state index contributed by atoms with van der Waals surface area (Å²) < 4.78 is 4.91. The smallest absolute Gasteiger partial charge is 0.352 e. The van der Waals surface area contributed by atoms with E-state index in [1.54, 1.807) is 0 Å². The number of esters is 1. The number of nitrogens with one attached hydrogen (secondary N) is 1. The number of carbonyl (C=O) groups excluding carboxylic acids is 4. The zero-order valence-corrected chi connectivity index (χ0v) is 21.1. The highest BCUT2D eigenvalue weighted by Crippen LogP contribution is 2.40. The molecule has 2 aliphatic rings. The summed E-state index contributed by atoms with van der Waals surface area (Å²) in [7, 11) is 0. The summed E-state index contributed by atoms with van der Waals surface area (Å²) in [5, 5.41) is 23.5. The van der Waals surface area contributed by atoms with E-state index in [2.05, 4.69) is 20.3 Å². The highest BCUT2D eigenvalue weighted by atomic mass is 35.5. The van der Waals surface area contributed by atoms with Crippen molar-refractivity contribution in [1.82, 2.24) is 15.2 Å². The van der Waals surface area contributed by atoms with Crippen molar-refractivity contribution >= 4 is 81.0 Å². The van der Waals surface area contributed by atoms with Crippen LogP contribution in [0.4, 0.5) is 5.13 Å². The molecule has 0 unspecified atom stereocenters. The third kappa shape index (κ3) is 6.36. The molecule has 2 atom stereocenters. The summed E-state index contributed by atoms with van der Waals surface area (Å²) in [6.45, 7) is -0.117. The number of anilines is 1. The van der Waals surface area contributed by atoms with Gasteiger partial charge in [0.2, 0.25) is 6.61 Å². The van der Waals surface area contributed by atoms with Gasteiger partial charge in [-0.25, -0.2) is 14.6 Å². The molecule has 18 heteroatoms. The number of rotatable bonds is 11. The first-order valence-electron chi connectivity index (χ1n) is 10.1. The molecule has 0 saturated carbocycles. The van der Waals surface area contributed by atoms with Gasteiger partial charge in [-0.2, -0.15) is 0 Å². The number of thiazole rings is 1. The number of thioether (sulfide) groups is 1. The number of hydrogen-bond donors (Lipinski definition) is 4. The Bertz CT molecular complexity index is 1250. The Morgan fingerprint density at radius 2 is 2.00 bits per heavy atom. The second-order valence-corrected chi connectivity index (χ2v) is 10.2. The highest BCUT2D eigenvalue weighted by Gasteiger charge is 2.54. The second kappa shape index (κ2) is 11.6. The molecule has 1 fully saturated rings. The second-order valence-electron chi connectivity index (χ2n) is 7.44. The van der Waals surface area contributed by atoms with Crippen LogP contribution in [-0.2, 0) is 38.3 Å². The van der Waals surface area contributed by atoms with Gasteiger partial charge in [0.25, 0.3) is 11.8 Å². The van der Waals surface area contributed by atoms with Crippen molar-refractivity contribution < 1.29 is 48.6 Å². The van der Waals surface area contributed by atoms with Crippen molar-refractivity contribution in [3.8, 4) is 0 Å². The molecule has 3 rings (SSSR count). The van der Waals surface area contributed by atoms with Crippen molar-refractivity contribution in [2.24, 2.45) is 5.16 Å². The molecule has 1 aromatic rings. The fourth-order valence-corrected chi connectivity index (χ4v) is 5.49. The number of ketones is 1. The predicted molar refractivity (Wildman–Crippen MR) is 128 cm³/mol. The lowest BCUT2D eigenvalue weighted by molar-refractivity contribution is -0.150. The van der Waals surface area contributed by atoms with Crippen LogP contribution in [0.2, 0.25) is 4.34 Å². The topological polar surface area (TPSA) is 228 Å². The van der Waals surface area contributed by atoms with Gasteiger partial charge in [-0.3, -0.25) is 24.1 Å². The van der Waals surface area contributed by atoms with Crippen LogP contribution in [0.3, 0.4) is 0 Å². The van der Waals surface area contributed by atoms with Crippen molar-refractivity contribution in [3.05, 3.63) is 21.3 Å². The van der Waals surface area contributed by atoms with Crippen LogP contribution < -0.4 is 11.1 Å². The maximum Gasteiger partial charge on any atom is 0.352 e. The summed E-state index contributed by atoms with van der Waals surface area (Å²) in [5.74, 6) is -5.81. The van der Waals surface area contributed by atoms with Gasteiger partial charge in [-0.05, 0) is 6.92 Å². The van der Waals surface area contributed by atoms with E-state index < -0.39 is 78.0 Å². The van der Waals surface area contributed by atoms with Crippen LogP contribution in [0.5, 0.6) is 0 Å². The van der Waals surface area contributed by atoms with Crippen LogP contribution in [-0.4, -0.2) is 91.7 Å². The number of β-lactam (4-membered cyclic amide) rings is 1. The van der Waals surface area contributed by atoms with Gasteiger partial charge in [0, 0.05) is 11.3 Å². The van der Waals surface area contributed by atoms with Crippen molar-refractivity contribution in [1.29, 1.82) is 0 Å². The Balaban J connectivity index is 1.77. The molecule has 1 saturated heterocycles. The number of ether oxygens (including phenoxy) is 1. The number of hydrogen-bond acceptors (Lipinski definition) is 13. The molecule has 15 nitrogen and oxygen atoms in total. The predicted octanol–water partition coefficient (Wildman–Crippen LogP) is -0.555. The van der Waals surface area contributed by atoms with Crippen LogP contribution >= 0.6 is 34.7 Å². The Kier molecular flexibility index (Phi) is 8.72. The summed E-state index contributed by atoms with van der Waals surface area (Å²) in [6.07, 6.45) is -0.475. The van der Waals surface area contributed by atoms with E-state index in [4.69, 9.17) is 27.2 Å². The minimum atomic E-state index is -1.45. The lowest BCUT2D eigenvalue weighted by atomic mass is 10.0. The van der Waals surface area contributed by atoms with Gasteiger partial charge < -0.3 is 30.8 Å². The lowest BCUT2D eigenvalue weighted by Gasteiger charge is -2.49. The maximum atomic E-state index is 13.0. The van der Waals surface area contributed by atoms with Crippen LogP contribution in [0.25, 0.3) is 0 Å². The van der Waals surface area contributed by atoms with Crippen molar-refractivity contribution in [3.63, 3.8) is 0 Å². The Hall–Kier alpha value is -3.70. The molecule has 1 aromatic heterocycles. The minimum Gasteiger partial charge on any atom is -0.479 e. The van der Waals surface area contributed by atoms with Crippen molar-refractivity contribution in [2.75, 3.05) is 24.7 Å². The molecule has 0 radical (unpaired) electrons. The molecule has 0 aromatic carbocycles. The minimum absolute atomic E-state index is 0.0137. The number of oxime groups is 1. The Labute approximate surface area is 220 Å². The van der Waals surface area contributed by atoms with Crippen LogP contribution in [0.1, 0.15) is 19.0 Å². The summed E-state index contributed by atoms with van der Waals surface area (Å²) in [6, 6.07) is -1.19. The normalized spacial score (nSPS) is 19.0. The number of fused-ring (bicyclic) bond motifs is 1. The van der Waals surface area contributed by atoms with Gasteiger partial charge in [0.15, 0.2) is 10.8 Å². The van der Waals surface area contributed by atoms with E-state index in [1.165, 1.54) is 6.92 Å². The molecule has 0 spiro atoms. The fourth-order valence-electron chi connectivity index (χ4n) is 3.23. The number of nitrogens with two attached hydrogens (primary N) is 1. The van der Waals surface area contributed by atoms with Crippen LogP contribution in [0, 0.1) is 0 Å². The zero-order valence-electron chi connectivity index (χ0n) is 18.8. The summed E-state index contributed by atoms with van der Waals surface area (Å²) >= 11 is 7.96. The first-order chi connectivity index (χ1) is 17.4. The third-order valence-corrected chi connectivity index (χ3v) is 7.15. The average molecular weight is 576 g/mol. The molecule has 5 N–H and O–H groups in total. The first-order valence-corrected chi connectivity index (χ1v) is 12.3.